The summed E-state index contributed by atoms with van der Waals surface area (Å²) in [6.45, 7) is 0.967. The van der Waals surface area contributed by atoms with Crippen LogP contribution in [0.1, 0.15) is 0 Å². The van der Waals surface area contributed by atoms with Crippen LogP contribution >= 0.6 is 0 Å². The molecule has 0 aliphatic carbocycles. The number of nitrogens with zero attached hydrogens (tertiary/aromatic N) is 2. The molecule has 1 atom stereocenters. The number of alkyl halides is 3. The molecule has 0 amide bonds. The van der Waals surface area contributed by atoms with E-state index in [2.05, 4.69) is 0 Å². The van der Waals surface area contributed by atoms with Gasteiger partial charge in [-0.05, 0) is 21.1 Å². The number of hydrogen-bond donors (Lipinski definition) is 1. The third kappa shape index (κ3) is 6.70. The molecular weight excluding hydrogens is 207 g/mol. The maximum absolute atomic E-state index is 12.4. The minimum Gasteiger partial charge on any atom is -0.330 e. The molecule has 6 heteroatoms. The minimum absolute atomic E-state index is 0.0339. The Bertz CT molecular complexity index is 170. The van der Waals surface area contributed by atoms with Crippen LogP contribution in [-0.2, 0) is 0 Å². The average molecular weight is 227 g/mol. The molecule has 0 bridgehead atoms. The molecule has 0 rings (SSSR count). The van der Waals surface area contributed by atoms with Crippen molar-refractivity contribution < 1.29 is 13.2 Å². The number of halogens is 3. The van der Waals surface area contributed by atoms with Gasteiger partial charge in [0.1, 0.15) is 0 Å². The van der Waals surface area contributed by atoms with Crippen molar-refractivity contribution in [3.63, 3.8) is 0 Å². The summed E-state index contributed by atoms with van der Waals surface area (Å²) in [5.74, 6) is -1.43. The molecule has 0 aliphatic heterocycles. The fourth-order valence-electron chi connectivity index (χ4n) is 1.15. The fraction of sp³-hybridized carbons (Fsp3) is 1.00. The SMILES string of the molecule is CN(C)CCN(C)CC(CN)C(F)(F)F. The Hall–Kier alpha value is -0.330. The molecule has 0 aromatic rings. The predicted molar refractivity (Wildman–Crippen MR) is 54.7 cm³/mol. The quantitative estimate of drug-likeness (QED) is 0.722. The van der Waals surface area contributed by atoms with Crippen molar-refractivity contribution >= 4 is 0 Å². The highest BCUT2D eigenvalue weighted by Gasteiger charge is 2.38. The smallest absolute Gasteiger partial charge is 0.330 e. The average Bonchev–Trinajstić information content (AvgIpc) is 2.08. The summed E-state index contributed by atoms with van der Waals surface area (Å²) in [6, 6.07) is 0. The van der Waals surface area contributed by atoms with Crippen LogP contribution in [0.3, 0.4) is 0 Å². The Labute approximate surface area is 89.0 Å². The van der Waals surface area contributed by atoms with Crippen molar-refractivity contribution in [2.45, 2.75) is 6.18 Å². The third-order valence-corrected chi connectivity index (χ3v) is 2.21. The highest BCUT2D eigenvalue weighted by molar-refractivity contribution is 4.72. The Morgan fingerprint density at radius 3 is 2.00 bits per heavy atom. The van der Waals surface area contributed by atoms with Gasteiger partial charge < -0.3 is 15.5 Å². The van der Waals surface area contributed by atoms with E-state index < -0.39 is 12.1 Å². The van der Waals surface area contributed by atoms with Gasteiger partial charge in [-0.25, -0.2) is 0 Å². The van der Waals surface area contributed by atoms with Crippen molar-refractivity contribution in [2.75, 3.05) is 47.3 Å². The summed E-state index contributed by atoms with van der Waals surface area (Å²) in [4.78, 5) is 3.59. The maximum Gasteiger partial charge on any atom is 0.394 e. The summed E-state index contributed by atoms with van der Waals surface area (Å²) in [6.07, 6.45) is -4.19. The summed E-state index contributed by atoms with van der Waals surface area (Å²) < 4.78 is 37.1. The lowest BCUT2D eigenvalue weighted by atomic mass is 10.1. The van der Waals surface area contributed by atoms with Crippen molar-refractivity contribution in [3.05, 3.63) is 0 Å². The Kier molecular flexibility index (Phi) is 6.16. The van der Waals surface area contributed by atoms with E-state index in [0.29, 0.717) is 6.54 Å². The van der Waals surface area contributed by atoms with Gasteiger partial charge in [0.05, 0.1) is 5.92 Å². The number of hydrogen-bond acceptors (Lipinski definition) is 3. The topological polar surface area (TPSA) is 32.5 Å². The van der Waals surface area contributed by atoms with Gasteiger partial charge in [-0.3, -0.25) is 0 Å². The number of nitrogens with two attached hydrogens (primary N) is 1. The van der Waals surface area contributed by atoms with Crippen LogP contribution in [0.25, 0.3) is 0 Å². The molecular formula is C9H20F3N3. The van der Waals surface area contributed by atoms with E-state index in [0.717, 1.165) is 6.54 Å². The second-order valence-corrected chi connectivity index (χ2v) is 4.04. The van der Waals surface area contributed by atoms with Crippen LogP contribution in [-0.4, -0.2) is 63.3 Å². The molecule has 0 saturated heterocycles. The molecule has 0 aromatic carbocycles. The summed E-state index contributed by atoms with van der Waals surface area (Å²) >= 11 is 0. The van der Waals surface area contributed by atoms with Gasteiger partial charge in [-0.15, -0.1) is 0 Å². The van der Waals surface area contributed by atoms with Crippen LogP contribution in [0.15, 0.2) is 0 Å². The number of rotatable bonds is 6. The van der Waals surface area contributed by atoms with Crippen LogP contribution in [0.2, 0.25) is 0 Å². The van der Waals surface area contributed by atoms with Gasteiger partial charge in [0.15, 0.2) is 0 Å². The van der Waals surface area contributed by atoms with E-state index in [1.165, 1.54) is 0 Å². The standard InChI is InChI=1S/C9H20F3N3/c1-14(2)4-5-15(3)7-8(6-13)9(10,11)12/h8H,4-7,13H2,1-3H3. The van der Waals surface area contributed by atoms with E-state index in [4.69, 9.17) is 5.73 Å². The second kappa shape index (κ2) is 6.30. The van der Waals surface area contributed by atoms with Gasteiger partial charge >= 0.3 is 6.18 Å². The van der Waals surface area contributed by atoms with Crippen molar-refractivity contribution in [2.24, 2.45) is 11.7 Å². The van der Waals surface area contributed by atoms with E-state index in [-0.39, 0.29) is 13.1 Å². The molecule has 0 spiro atoms. The molecule has 0 aromatic heterocycles. The van der Waals surface area contributed by atoms with Crippen molar-refractivity contribution in [1.29, 1.82) is 0 Å². The van der Waals surface area contributed by atoms with Gasteiger partial charge in [-0.2, -0.15) is 13.2 Å². The second-order valence-electron chi connectivity index (χ2n) is 4.04. The van der Waals surface area contributed by atoms with Gasteiger partial charge in [-0.1, -0.05) is 0 Å². The van der Waals surface area contributed by atoms with Gasteiger partial charge in [0.25, 0.3) is 0 Å². The largest absolute Gasteiger partial charge is 0.394 e. The zero-order valence-electron chi connectivity index (χ0n) is 9.51. The first-order valence-electron chi connectivity index (χ1n) is 4.87. The monoisotopic (exact) mass is 227 g/mol. The third-order valence-electron chi connectivity index (χ3n) is 2.21. The van der Waals surface area contributed by atoms with E-state index in [1.807, 2.05) is 19.0 Å². The first kappa shape index (κ1) is 14.7. The summed E-state index contributed by atoms with van der Waals surface area (Å²) in [5.41, 5.74) is 5.11. The van der Waals surface area contributed by atoms with Crippen LogP contribution in [0.4, 0.5) is 13.2 Å². The van der Waals surface area contributed by atoms with Crippen LogP contribution in [0.5, 0.6) is 0 Å². The van der Waals surface area contributed by atoms with E-state index >= 15 is 0 Å². The molecule has 1 unspecified atom stereocenters. The Morgan fingerprint density at radius 2 is 1.67 bits per heavy atom. The molecule has 0 fully saturated rings. The molecule has 92 valence electrons. The van der Waals surface area contributed by atoms with Crippen molar-refractivity contribution in [1.82, 2.24) is 9.80 Å². The van der Waals surface area contributed by atoms with Crippen LogP contribution in [0, 0.1) is 5.92 Å². The predicted octanol–water partition coefficient (Wildman–Crippen LogP) is 0.617. The number of likely N-dealkylation sites (N-methyl/N-ethyl adjacent to an activating group) is 2. The molecule has 15 heavy (non-hydrogen) atoms. The lowest BCUT2D eigenvalue weighted by Crippen LogP contribution is -2.41. The Morgan fingerprint density at radius 1 is 1.13 bits per heavy atom. The highest BCUT2D eigenvalue weighted by atomic mass is 19.4. The first-order chi connectivity index (χ1) is 6.77. The normalized spacial score (nSPS) is 15.0. The molecule has 0 radical (unpaired) electrons. The van der Waals surface area contributed by atoms with Crippen molar-refractivity contribution in [3.8, 4) is 0 Å². The van der Waals surface area contributed by atoms with Crippen LogP contribution < -0.4 is 5.73 Å². The molecule has 0 heterocycles. The van der Waals surface area contributed by atoms with Gasteiger partial charge in [0.2, 0.25) is 0 Å². The molecule has 3 nitrogen and oxygen atoms in total. The lowest BCUT2D eigenvalue weighted by Gasteiger charge is -2.25. The highest BCUT2D eigenvalue weighted by Crippen LogP contribution is 2.25. The van der Waals surface area contributed by atoms with E-state index in [1.54, 1.807) is 11.9 Å². The van der Waals surface area contributed by atoms with Gasteiger partial charge in [0, 0.05) is 26.2 Å². The molecule has 2 N–H and O–H groups in total. The minimum atomic E-state index is -4.19. The lowest BCUT2D eigenvalue weighted by molar-refractivity contribution is -0.175. The molecule has 0 saturated carbocycles. The molecule has 0 aliphatic rings. The zero-order valence-corrected chi connectivity index (χ0v) is 9.51. The summed E-state index contributed by atoms with van der Waals surface area (Å²) in [5, 5.41) is 0. The Balaban J connectivity index is 3.97. The summed E-state index contributed by atoms with van der Waals surface area (Å²) in [7, 11) is 5.45. The fourth-order valence-corrected chi connectivity index (χ4v) is 1.15. The first-order valence-corrected chi connectivity index (χ1v) is 4.87. The maximum atomic E-state index is 12.4. The zero-order chi connectivity index (χ0) is 12.1. The van der Waals surface area contributed by atoms with E-state index in [9.17, 15) is 13.2 Å².